The number of carbonyl (C=O) groups excluding carboxylic acids is 1. The molecule has 2 aliphatic rings. The lowest BCUT2D eigenvalue weighted by Gasteiger charge is -2.22. The lowest BCUT2D eigenvalue weighted by atomic mass is 9.98. The van der Waals surface area contributed by atoms with Gasteiger partial charge in [-0.25, -0.2) is 9.78 Å². The molecule has 0 amide bonds. The van der Waals surface area contributed by atoms with Gasteiger partial charge in [-0.3, -0.25) is 28.2 Å². The molecule has 0 aliphatic carbocycles. The van der Waals surface area contributed by atoms with Crippen LogP contribution in [0.1, 0.15) is 72.8 Å². The molecule has 0 spiro atoms. The molecule has 0 saturated carbocycles. The number of carbonyl (C=O) groups is 1. The number of unbranched alkanes of at least 4 members (excludes halogenated alkanes) is 3. The van der Waals surface area contributed by atoms with Gasteiger partial charge in [-0.05, 0) is 63.6 Å². The average Bonchev–Trinajstić information content (AvgIpc) is 2.91. The van der Waals surface area contributed by atoms with Crippen LogP contribution in [-0.2, 0) is 34.4 Å². The lowest BCUT2D eigenvalue weighted by Crippen LogP contribution is -2.29. The van der Waals surface area contributed by atoms with Crippen molar-refractivity contribution in [1.82, 2.24) is 19.5 Å². The summed E-state index contributed by atoms with van der Waals surface area (Å²) in [4.78, 5) is 49.7. The summed E-state index contributed by atoms with van der Waals surface area (Å²) in [5, 5.41) is 0. The number of benzene rings is 1. The van der Waals surface area contributed by atoms with E-state index in [-0.39, 0.29) is 29.9 Å². The Kier molecular flexibility index (Phi) is 12.1. The second kappa shape index (κ2) is 15.0. The van der Waals surface area contributed by atoms with Gasteiger partial charge in [0, 0.05) is 26.3 Å². The van der Waals surface area contributed by atoms with Crippen molar-refractivity contribution < 1.29 is 27.9 Å². The minimum absolute atomic E-state index is 0.0922. The third-order valence-electron chi connectivity index (χ3n) is 6.89. The third-order valence-corrected chi connectivity index (χ3v) is 8.75. The molecule has 1 aromatic rings. The Labute approximate surface area is 264 Å². The molecule has 1 N–H and O–H groups in total. The Morgan fingerprint density at radius 3 is 2.29 bits per heavy atom. The number of nitrogens with zero attached hydrogens (tertiary/aromatic N) is 4. The summed E-state index contributed by atoms with van der Waals surface area (Å²) in [5.74, 6) is -0.240. The molecule has 13 nitrogen and oxygen atoms in total. The van der Waals surface area contributed by atoms with Crippen molar-refractivity contribution in [1.29, 1.82) is 0 Å². The van der Waals surface area contributed by atoms with Gasteiger partial charge in [-0.1, -0.05) is 33.6 Å². The number of aromatic amines is 1. The van der Waals surface area contributed by atoms with Crippen molar-refractivity contribution in [2.24, 2.45) is 10.8 Å². The highest BCUT2D eigenvalue weighted by atomic mass is 31.2. The first-order valence-corrected chi connectivity index (χ1v) is 16.9. The molecule has 0 bridgehead atoms. The number of aryl methyl sites for hydroxylation is 2. The fourth-order valence-electron chi connectivity index (χ4n) is 4.58. The SMILES string of the molecule is Cc1cc2nc3c(=O)[nH]c(=O)nc-3n(CCCCCCP(=O)(OCOCC(C)(C)C)OCOC(=O)C(C)(C)C)c2cc1N(C)C. The first kappa shape index (κ1) is 36.3. The Morgan fingerprint density at radius 1 is 0.978 bits per heavy atom. The van der Waals surface area contributed by atoms with E-state index in [1.54, 1.807) is 20.8 Å². The minimum atomic E-state index is -3.62. The maximum Gasteiger partial charge on any atom is 0.349 e. The molecular weight excluding hydrogens is 601 g/mol. The summed E-state index contributed by atoms with van der Waals surface area (Å²) < 4.78 is 37.1. The van der Waals surface area contributed by atoms with Gasteiger partial charge < -0.3 is 18.9 Å². The molecule has 2 aliphatic heterocycles. The normalized spacial score (nSPS) is 13.7. The van der Waals surface area contributed by atoms with E-state index < -0.39 is 37.0 Å². The number of rotatable bonds is 15. The number of hydrogen-bond donors (Lipinski definition) is 1. The Hall–Kier alpha value is -3.12. The Morgan fingerprint density at radius 2 is 1.64 bits per heavy atom. The molecular formula is C31H48N5O8P. The summed E-state index contributed by atoms with van der Waals surface area (Å²) in [6.07, 6.45) is 2.79. The summed E-state index contributed by atoms with van der Waals surface area (Å²) in [5.41, 5.74) is 1.37. The van der Waals surface area contributed by atoms with Crippen molar-refractivity contribution in [3.63, 3.8) is 0 Å². The summed E-state index contributed by atoms with van der Waals surface area (Å²) in [6.45, 7) is 13.4. The van der Waals surface area contributed by atoms with Crippen LogP contribution in [0, 0.1) is 17.8 Å². The molecule has 2 heterocycles. The number of hydrogen-bond acceptors (Lipinski definition) is 11. The zero-order chi connectivity index (χ0) is 33.6. The van der Waals surface area contributed by atoms with Crippen molar-refractivity contribution in [3.05, 3.63) is 38.5 Å². The fourth-order valence-corrected chi connectivity index (χ4v) is 5.97. The van der Waals surface area contributed by atoms with Crippen LogP contribution < -0.4 is 16.1 Å². The Balaban J connectivity index is 1.68. The van der Waals surface area contributed by atoms with Crippen molar-refractivity contribution in [2.45, 2.75) is 80.7 Å². The van der Waals surface area contributed by atoms with E-state index in [4.69, 9.17) is 18.5 Å². The number of H-pyrrole nitrogens is 1. The molecule has 14 heteroatoms. The van der Waals surface area contributed by atoms with Gasteiger partial charge in [-0.15, -0.1) is 0 Å². The lowest BCUT2D eigenvalue weighted by molar-refractivity contribution is -0.160. The van der Waals surface area contributed by atoms with E-state index in [1.165, 1.54) is 0 Å². The van der Waals surface area contributed by atoms with Crippen LogP contribution in [0.15, 0.2) is 21.7 Å². The highest BCUT2D eigenvalue weighted by molar-refractivity contribution is 7.53. The predicted octanol–water partition coefficient (Wildman–Crippen LogP) is 5.31. The van der Waals surface area contributed by atoms with Gasteiger partial charge in [0.15, 0.2) is 18.3 Å². The van der Waals surface area contributed by atoms with Gasteiger partial charge in [-0.2, -0.15) is 4.98 Å². The van der Waals surface area contributed by atoms with Crippen LogP contribution in [0.5, 0.6) is 0 Å². The van der Waals surface area contributed by atoms with E-state index >= 15 is 0 Å². The van der Waals surface area contributed by atoms with Gasteiger partial charge in [0.25, 0.3) is 5.56 Å². The molecule has 3 rings (SSSR count). The van der Waals surface area contributed by atoms with Crippen LogP contribution in [0.2, 0.25) is 0 Å². The Bertz CT molecular complexity index is 1600. The van der Waals surface area contributed by atoms with Gasteiger partial charge in [0.2, 0.25) is 6.79 Å². The third kappa shape index (κ3) is 10.5. The van der Waals surface area contributed by atoms with E-state index in [1.807, 2.05) is 63.4 Å². The molecule has 0 fully saturated rings. The number of anilines is 1. The van der Waals surface area contributed by atoms with E-state index in [0.29, 0.717) is 37.9 Å². The van der Waals surface area contributed by atoms with Crippen LogP contribution >= 0.6 is 7.60 Å². The van der Waals surface area contributed by atoms with Gasteiger partial charge >= 0.3 is 19.3 Å². The van der Waals surface area contributed by atoms with Crippen molar-refractivity contribution >= 4 is 30.3 Å². The fraction of sp³-hybridized carbons (Fsp3) is 0.645. The highest BCUT2D eigenvalue weighted by Crippen LogP contribution is 2.49. The smallest absolute Gasteiger partial charge is 0.349 e. The maximum absolute atomic E-state index is 13.5. The van der Waals surface area contributed by atoms with E-state index in [0.717, 1.165) is 23.2 Å². The molecule has 0 saturated heterocycles. The first-order valence-electron chi connectivity index (χ1n) is 15.2. The summed E-state index contributed by atoms with van der Waals surface area (Å²) in [6, 6.07) is 3.91. The number of esters is 1. The zero-order valence-electron chi connectivity index (χ0n) is 28.0. The molecule has 1 unspecified atom stereocenters. The highest BCUT2D eigenvalue weighted by Gasteiger charge is 2.28. The van der Waals surface area contributed by atoms with Crippen LogP contribution in [-0.4, -0.2) is 65.9 Å². The monoisotopic (exact) mass is 649 g/mol. The van der Waals surface area contributed by atoms with Crippen LogP contribution in [0.3, 0.4) is 0 Å². The molecule has 45 heavy (non-hydrogen) atoms. The zero-order valence-corrected chi connectivity index (χ0v) is 28.9. The number of ether oxygens (including phenoxy) is 2. The quantitative estimate of drug-likeness (QED) is 0.0748. The van der Waals surface area contributed by atoms with E-state index in [9.17, 15) is 18.9 Å². The van der Waals surface area contributed by atoms with Gasteiger partial charge in [0.1, 0.15) is 0 Å². The molecule has 1 aromatic carbocycles. The summed E-state index contributed by atoms with van der Waals surface area (Å²) in [7, 11) is 0.279. The number of aromatic nitrogens is 4. The van der Waals surface area contributed by atoms with Crippen molar-refractivity contribution in [2.75, 3.05) is 45.3 Å². The number of fused-ring (bicyclic) bond motifs is 2. The standard InChI is InChI=1S/C31H48N5O8P/c1-21-16-22-24(17-23(21)35(8)9)36(26-25(32-22)27(37)34-29(39)33-26)14-12-10-11-13-15-45(40,43-19-41-18-30(2,3)4)44-20-42-28(38)31(5,6)7/h16-17H,10-15,18-20H2,1-9H3,(H,34,37,39). The van der Waals surface area contributed by atoms with E-state index in [2.05, 4.69) is 15.0 Å². The first-order chi connectivity index (χ1) is 20.9. The minimum Gasteiger partial charge on any atom is -0.438 e. The number of nitrogens with one attached hydrogen (secondary N) is 1. The van der Waals surface area contributed by atoms with Crippen molar-refractivity contribution in [3.8, 4) is 11.5 Å². The average molecular weight is 650 g/mol. The second-order valence-electron chi connectivity index (χ2n) is 13.7. The summed E-state index contributed by atoms with van der Waals surface area (Å²) >= 11 is 0. The molecule has 0 aromatic heterocycles. The largest absolute Gasteiger partial charge is 0.438 e. The predicted molar refractivity (Wildman–Crippen MR) is 174 cm³/mol. The molecule has 0 radical (unpaired) electrons. The molecule has 250 valence electrons. The van der Waals surface area contributed by atoms with Crippen LogP contribution in [0.25, 0.3) is 22.6 Å². The topological polar surface area (TPSA) is 155 Å². The maximum atomic E-state index is 13.5. The molecule has 1 atom stereocenters. The second-order valence-corrected chi connectivity index (χ2v) is 15.8. The van der Waals surface area contributed by atoms with Crippen LogP contribution in [0.4, 0.5) is 5.69 Å². The van der Waals surface area contributed by atoms with Gasteiger partial charge in [0.05, 0.1) is 29.2 Å².